The number of morpholine rings is 1. The molecule has 26 heavy (non-hydrogen) atoms. The molecule has 1 saturated heterocycles. The van der Waals surface area contributed by atoms with Crippen molar-refractivity contribution in [2.24, 2.45) is 0 Å². The first-order valence-corrected chi connectivity index (χ1v) is 10.2. The highest BCUT2D eigenvalue weighted by Gasteiger charge is 2.18. The lowest BCUT2D eigenvalue weighted by Crippen LogP contribution is -2.39. The third-order valence-corrected chi connectivity index (χ3v) is 5.84. The lowest BCUT2D eigenvalue weighted by atomic mass is 10.3. The van der Waals surface area contributed by atoms with Crippen molar-refractivity contribution in [3.63, 3.8) is 0 Å². The highest BCUT2D eigenvalue weighted by molar-refractivity contribution is 7.92. The molecule has 0 saturated carbocycles. The summed E-state index contributed by atoms with van der Waals surface area (Å²) in [6, 6.07) is 9.69. The summed E-state index contributed by atoms with van der Waals surface area (Å²) in [5.41, 5.74) is 0.832. The van der Waals surface area contributed by atoms with Gasteiger partial charge >= 0.3 is 0 Å². The van der Waals surface area contributed by atoms with Gasteiger partial charge in [-0.25, -0.2) is 13.4 Å². The first-order chi connectivity index (χ1) is 12.5. The predicted octanol–water partition coefficient (Wildman–Crippen LogP) is 2.28. The zero-order valence-corrected chi connectivity index (χ0v) is 15.8. The molecule has 0 amide bonds. The van der Waals surface area contributed by atoms with Gasteiger partial charge in [0.25, 0.3) is 10.0 Å². The Morgan fingerprint density at radius 2 is 1.92 bits per heavy atom. The Bertz CT molecular complexity index is 824. The quantitative estimate of drug-likeness (QED) is 0.747. The van der Waals surface area contributed by atoms with Gasteiger partial charge in [0.1, 0.15) is 10.7 Å². The van der Waals surface area contributed by atoms with Crippen molar-refractivity contribution in [3.05, 3.63) is 47.6 Å². The van der Waals surface area contributed by atoms with E-state index in [-0.39, 0.29) is 15.7 Å². The van der Waals surface area contributed by atoms with Gasteiger partial charge < -0.3 is 10.1 Å². The molecule has 3 rings (SSSR count). The highest BCUT2D eigenvalue weighted by Crippen LogP contribution is 2.22. The van der Waals surface area contributed by atoms with E-state index in [0.29, 0.717) is 0 Å². The maximum Gasteiger partial charge on any atom is 0.264 e. The smallest absolute Gasteiger partial charge is 0.264 e. The van der Waals surface area contributed by atoms with Crippen LogP contribution in [0.3, 0.4) is 0 Å². The van der Waals surface area contributed by atoms with Gasteiger partial charge in [-0.05, 0) is 24.3 Å². The Balaban J connectivity index is 1.55. The van der Waals surface area contributed by atoms with E-state index >= 15 is 0 Å². The van der Waals surface area contributed by atoms with E-state index in [9.17, 15) is 8.42 Å². The van der Waals surface area contributed by atoms with Crippen LogP contribution in [-0.4, -0.2) is 57.7 Å². The number of rotatable bonds is 7. The third kappa shape index (κ3) is 5.07. The van der Waals surface area contributed by atoms with Gasteiger partial charge in [-0.2, -0.15) is 0 Å². The second-order valence-electron chi connectivity index (χ2n) is 5.85. The standard InChI is InChI=1S/C17H21ClN4O3S/c18-15-3-1-2-4-16(15)26(23,24)21-17-6-5-14(13-20-17)19-7-8-22-9-11-25-12-10-22/h1-6,13,19H,7-12H2,(H,20,21). The molecule has 1 aliphatic heterocycles. The number of hydrogen-bond acceptors (Lipinski definition) is 6. The fraction of sp³-hybridized carbons (Fsp3) is 0.353. The summed E-state index contributed by atoms with van der Waals surface area (Å²) in [5.74, 6) is 0.239. The number of nitrogens with zero attached hydrogens (tertiary/aromatic N) is 2. The van der Waals surface area contributed by atoms with Gasteiger partial charge in [-0.15, -0.1) is 0 Å². The van der Waals surface area contributed by atoms with E-state index < -0.39 is 10.0 Å². The lowest BCUT2D eigenvalue weighted by Gasteiger charge is -2.26. The number of benzene rings is 1. The van der Waals surface area contributed by atoms with E-state index in [2.05, 4.69) is 19.9 Å². The van der Waals surface area contributed by atoms with Gasteiger partial charge in [0.2, 0.25) is 0 Å². The monoisotopic (exact) mass is 396 g/mol. The Morgan fingerprint density at radius 1 is 1.15 bits per heavy atom. The Kier molecular flexibility index (Phi) is 6.31. The minimum Gasteiger partial charge on any atom is -0.383 e. The van der Waals surface area contributed by atoms with Crippen LogP contribution in [0.4, 0.5) is 11.5 Å². The zero-order chi connectivity index (χ0) is 18.4. The molecule has 1 fully saturated rings. The summed E-state index contributed by atoms with van der Waals surface area (Å²) in [4.78, 5) is 6.51. The van der Waals surface area contributed by atoms with E-state index in [4.69, 9.17) is 16.3 Å². The molecule has 0 radical (unpaired) electrons. The van der Waals surface area contributed by atoms with Crippen molar-refractivity contribution in [2.45, 2.75) is 4.90 Å². The number of halogens is 1. The molecule has 1 aromatic heterocycles. The summed E-state index contributed by atoms with van der Waals surface area (Å²) < 4.78 is 32.5. The van der Waals surface area contributed by atoms with Crippen molar-refractivity contribution in [2.75, 3.05) is 49.4 Å². The van der Waals surface area contributed by atoms with Crippen LogP contribution in [0, 0.1) is 0 Å². The molecule has 1 aromatic carbocycles. The van der Waals surface area contributed by atoms with Crippen molar-refractivity contribution >= 4 is 33.1 Å². The average molecular weight is 397 g/mol. The molecule has 0 aliphatic carbocycles. The maximum absolute atomic E-state index is 12.4. The molecule has 7 nitrogen and oxygen atoms in total. The second kappa shape index (κ2) is 8.68. The maximum atomic E-state index is 12.4. The molecular formula is C17H21ClN4O3S. The van der Waals surface area contributed by atoms with E-state index in [1.54, 1.807) is 30.5 Å². The van der Waals surface area contributed by atoms with Crippen LogP contribution in [0.15, 0.2) is 47.5 Å². The Labute approximate surface area is 158 Å². The SMILES string of the molecule is O=S(=O)(Nc1ccc(NCCN2CCOCC2)cn1)c1ccccc1Cl. The van der Waals surface area contributed by atoms with Gasteiger partial charge in [0.05, 0.1) is 30.1 Å². The van der Waals surface area contributed by atoms with Crippen LogP contribution in [0.2, 0.25) is 5.02 Å². The molecule has 2 heterocycles. The summed E-state index contributed by atoms with van der Waals surface area (Å²) in [5, 5.41) is 3.45. The van der Waals surface area contributed by atoms with Crippen LogP contribution in [0.25, 0.3) is 0 Å². The van der Waals surface area contributed by atoms with E-state index in [1.165, 1.54) is 12.1 Å². The molecule has 1 aliphatic rings. The number of nitrogens with one attached hydrogen (secondary N) is 2. The van der Waals surface area contributed by atoms with Crippen LogP contribution in [-0.2, 0) is 14.8 Å². The molecular weight excluding hydrogens is 376 g/mol. The van der Waals surface area contributed by atoms with Crippen molar-refractivity contribution in [3.8, 4) is 0 Å². The fourth-order valence-corrected chi connectivity index (χ4v) is 4.13. The normalized spacial score (nSPS) is 15.6. The molecule has 2 aromatic rings. The van der Waals surface area contributed by atoms with Crippen LogP contribution >= 0.6 is 11.6 Å². The minimum atomic E-state index is -3.77. The number of anilines is 2. The van der Waals surface area contributed by atoms with Crippen LogP contribution < -0.4 is 10.0 Å². The van der Waals surface area contributed by atoms with E-state index in [1.807, 2.05) is 0 Å². The van der Waals surface area contributed by atoms with Gasteiger partial charge in [0, 0.05) is 26.2 Å². The number of sulfonamides is 1. The summed E-state index contributed by atoms with van der Waals surface area (Å²) in [7, 11) is -3.77. The molecule has 2 N–H and O–H groups in total. The molecule has 0 atom stereocenters. The number of ether oxygens (including phenoxy) is 1. The first-order valence-electron chi connectivity index (χ1n) is 8.32. The van der Waals surface area contributed by atoms with Gasteiger partial charge in [-0.1, -0.05) is 23.7 Å². The van der Waals surface area contributed by atoms with Crippen LogP contribution in [0.1, 0.15) is 0 Å². The first kappa shape index (κ1) is 18.9. The molecule has 0 spiro atoms. The molecule has 9 heteroatoms. The highest BCUT2D eigenvalue weighted by atomic mass is 35.5. The topological polar surface area (TPSA) is 83.6 Å². The van der Waals surface area contributed by atoms with Crippen LogP contribution in [0.5, 0.6) is 0 Å². The van der Waals surface area contributed by atoms with Crippen molar-refractivity contribution in [1.82, 2.24) is 9.88 Å². The molecule has 0 unspecified atom stereocenters. The number of pyridine rings is 1. The minimum absolute atomic E-state index is 0.0242. The van der Waals surface area contributed by atoms with Gasteiger partial charge in [-0.3, -0.25) is 9.62 Å². The average Bonchev–Trinajstić information content (AvgIpc) is 2.64. The number of hydrogen-bond donors (Lipinski definition) is 2. The lowest BCUT2D eigenvalue weighted by molar-refractivity contribution is 0.0398. The molecule has 0 bridgehead atoms. The van der Waals surface area contributed by atoms with Crippen molar-refractivity contribution in [1.29, 1.82) is 0 Å². The Morgan fingerprint density at radius 3 is 2.62 bits per heavy atom. The summed E-state index contributed by atoms with van der Waals surface area (Å²) in [6.45, 7) is 5.16. The van der Waals surface area contributed by atoms with E-state index in [0.717, 1.165) is 45.1 Å². The molecule has 140 valence electrons. The predicted molar refractivity (Wildman–Crippen MR) is 102 cm³/mol. The summed E-state index contributed by atoms with van der Waals surface area (Å²) in [6.07, 6.45) is 1.60. The second-order valence-corrected chi connectivity index (χ2v) is 7.91. The summed E-state index contributed by atoms with van der Waals surface area (Å²) >= 11 is 5.96. The van der Waals surface area contributed by atoms with Gasteiger partial charge in [0.15, 0.2) is 0 Å². The number of aromatic nitrogens is 1. The third-order valence-electron chi connectivity index (χ3n) is 3.99. The zero-order valence-electron chi connectivity index (χ0n) is 14.2. The fourth-order valence-electron chi connectivity index (χ4n) is 2.60. The largest absolute Gasteiger partial charge is 0.383 e. The van der Waals surface area contributed by atoms with Crippen molar-refractivity contribution < 1.29 is 13.2 Å². The Hall–Kier alpha value is -1.87.